The van der Waals surface area contributed by atoms with Gasteiger partial charge in [0.2, 0.25) is 0 Å². The van der Waals surface area contributed by atoms with Crippen molar-refractivity contribution in [2.45, 2.75) is 20.4 Å². The second-order valence-corrected chi connectivity index (χ2v) is 7.05. The Balaban J connectivity index is 2.01. The summed E-state index contributed by atoms with van der Waals surface area (Å²) >= 11 is 1.46. The Morgan fingerprint density at radius 1 is 1.22 bits per heavy atom. The van der Waals surface area contributed by atoms with E-state index in [1.165, 1.54) is 46.6 Å². The van der Waals surface area contributed by atoms with Crippen LogP contribution >= 0.6 is 11.3 Å². The van der Waals surface area contributed by atoms with Crippen molar-refractivity contribution in [2.24, 2.45) is 0 Å². The second kappa shape index (κ2) is 7.63. The van der Waals surface area contributed by atoms with Crippen LogP contribution in [0.1, 0.15) is 26.6 Å². The molecule has 0 saturated heterocycles. The van der Waals surface area contributed by atoms with Gasteiger partial charge in [-0.2, -0.15) is 0 Å². The molecule has 0 bridgehead atoms. The number of halogens is 1. The Hall–Kier alpha value is -3.13. The summed E-state index contributed by atoms with van der Waals surface area (Å²) in [6, 6.07) is 9.87. The van der Waals surface area contributed by atoms with E-state index in [0.29, 0.717) is 16.9 Å². The average molecular weight is 385 g/mol. The minimum absolute atomic E-state index is 0.121. The molecule has 0 atom stereocenters. The van der Waals surface area contributed by atoms with Gasteiger partial charge in [0.15, 0.2) is 0 Å². The first-order valence-electron chi connectivity index (χ1n) is 8.08. The third kappa shape index (κ3) is 4.17. The van der Waals surface area contributed by atoms with Crippen LogP contribution in [0.5, 0.6) is 0 Å². The first-order chi connectivity index (χ1) is 12.8. The Morgan fingerprint density at radius 3 is 2.52 bits per heavy atom. The number of carbonyl (C=O) groups is 1. The number of nitro benzene ring substituents is 1. The van der Waals surface area contributed by atoms with Crippen LogP contribution in [0.2, 0.25) is 0 Å². The zero-order valence-corrected chi connectivity index (χ0v) is 15.5. The predicted octanol–water partition coefficient (Wildman–Crippen LogP) is 4.65. The van der Waals surface area contributed by atoms with E-state index < -0.39 is 16.6 Å². The molecule has 8 heteroatoms. The lowest BCUT2D eigenvalue weighted by Crippen LogP contribution is -2.30. The highest BCUT2D eigenvalue weighted by Crippen LogP contribution is 2.25. The molecule has 1 heterocycles. The van der Waals surface area contributed by atoms with Gasteiger partial charge in [-0.25, -0.2) is 9.37 Å². The summed E-state index contributed by atoms with van der Waals surface area (Å²) in [5, 5.41) is 13.9. The molecule has 0 aliphatic rings. The summed E-state index contributed by atoms with van der Waals surface area (Å²) in [4.78, 5) is 29.6. The maximum absolute atomic E-state index is 13.3. The van der Waals surface area contributed by atoms with E-state index >= 15 is 0 Å². The van der Waals surface area contributed by atoms with Crippen LogP contribution in [0.4, 0.5) is 15.8 Å². The fourth-order valence-electron chi connectivity index (χ4n) is 2.64. The lowest BCUT2D eigenvalue weighted by atomic mass is 10.1. The van der Waals surface area contributed by atoms with Gasteiger partial charge in [0, 0.05) is 28.3 Å². The van der Waals surface area contributed by atoms with Gasteiger partial charge in [-0.3, -0.25) is 14.9 Å². The molecule has 0 radical (unpaired) electrons. The van der Waals surface area contributed by atoms with Gasteiger partial charge in [0.25, 0.3) is 11.6 Å². The normalized spacial score (nSPS) is 10.6. The molecule has 0 N–H and O–H groups in total. The van der Waals surface area contributed by atoms with Crippen molar-refractivity contribution in [1.82, 2.24) is 4.98 Å². The second-order valence-electron chi connectivity index (χ2n) is 5.98. The van der Waals surface area contributed by atoms with Crippen molar-refractivity contribution in [3.63, 3.8) is 0 Å². The number of aryl methyl sites for hydroxylation is 2. The molecule has 1 aromatic heterocycles. The Kier molecular flexibility index (Phi) is 5.27. The van der Waals surface area contributed by atoms with Gasteiger partial charge in [0.05, 0.1) is 22.2 Å². The molecule has 1 amide bonds. The average Bonchev–Trinajstić information content (AvgIpc) is 3.05. The van der Waals surface area contributed by atoms with Gasteiger partial charge in [0.1, 0.15) is 5.82 Å². The maximum Gasteiger partial charge on any atom is 0.273 e. The maximum atomic E-state index is 13.3. The summed E-state index contributed by atoms with van der Waals surface area (Å²) in [5.74, 6) is -0.836. The summed E-state index contributed by atoms with van der Waals surface area (Å²) in [6.45, 7) is 3.65. The number of thiazole rings is 1. The van der Waals surface area contributed by atoms with Gasteiger partial charge < -0.3 is 4.90 Å². The molecule has 0 saturated carbocycles. The van der Waals surface area contributed by atoms with Crippen molar-refractivity contribution in [1.29, 1.82) is 0 Å². The number of hydrogen-bond acceptors (Lipinski definition) is 5. The highest BCUT2D eigenvalue weighted by Gasteiger charge is 2.22. The lowest BCUT2D eigenvalue weighted by Gasteiger charge is -2.22. The Morgan fingerprint density at radius 2 is 1.93 bits per heavy atom. The van der Waals surface area contributed by atoms with E-state index in [9.17, 15) is 19.3 Å². The SMILES string of the molecule is Cc1nc(CN(C(=O)c2ccc(C)c([N+](=O)[O-])c2)c2ccc(F)cc2)cs1. The fourth-order valence-corrected chi connectivity index (χ4v) is 3.24. The van der Waals surface area contributed by atoms with E-state index in [1.54, 1.807) is 19.1 Å². The zero-order valence-electron chi connectivity index (χ0n) is 14.7. The molecule has 0 aliphatic heterocycles. The molecule has 27 heavy (non-hydrogen) atoms. The van der Waals surface area contributed by atoms with Crippen LogP contribution < -0.4 is 4.90 Å². The number of benzene rings is 2. The monoisotopic (exact) mass is 385 g/mol. The zero-order chi connectivity index (χ0) is 19.6. The molecule has 3 rings (SSSR count). The standard InChI is InChI=1S/C19H16FN3O3S/c1-12-3-4-14(9-18(12)23(25)26)19(24)22(10-16-11-27-13(2)21-16)17-7-5-15(20)6-8-17/h3-9,11H,10H2,1-2H3. The number of rotatable bonds is 5. The Labute approximate surface area is 159 Å². The predicted molar refractivity (Wildman–Crippen MR) is 102 cm³/mol. The van der Waals surface area contributed by atoms with Crippen LogP contribution in [0.25, 0.3) is 0 Å². The molecule has 3 aromatic rings. The first-order valence-corrected chi connectivity index (χ1v) is 8.96. The third-order valence-corrected chi connectivity index (χ3v) is 4.85. The minimum atomic E-state index is -0.516. The smallest absolute Gasteiger partial charge is 0.273 e. The van der Waals surface area contributed by atoms with Gasteiger partial charge in [-0.1, -0.05) is 6.07 Å². The van der Waals surface area contributed by atoms with Gasteiger partial charge in [-0.15, -0.1) is 11.3 Å². The number of nitrogens with zero attached hydrogens (tertiary/aromatic N) is 3. The number of carbonyl (C=O) groups excluding carboxylic acids is 1. The van der Waals surface area contributed by atoms with Gasteiger partial charge >= 0.3 is 0 Å². The molecule has 0 aliphatic carbocycles. The summed E-state index contributed by atoms with van der Waals surface area (Å²) < 4.78 is 13.3. The van der Waals surface area contributed by atoms with Crippen LogP contribution in [0.3, 0.4) is 0 Å². The van der Waals surface area contributed by atoms with Crippen molar-refractivity contribution in [2.75, 3.05) is 4.90 Å². The van der Waals surface area contributed by atoms with Crippen LogP contribution in [-0.2, 0) is 6.54 Å². The quantitative estimate of drug-likeness (QED) is 0.473. The van der Waals surface area contributed by atoms with Crippen LogP contribution in [0, 0.1) is 29.8 Å². The lowest BCUT2D eigenvalue weighted by molar-refractivity contribution is -0.385. The summed E-state index contributed by atoms with van der Waals surface area (Å²) in [5.41, 5.74) is 1.71. The van der Waals surface area contributed by atoms with Crippen molar-refractivity contribution in [3.05, 3.63) is 85.6 Å². The van der Waals surface area contributed by atoms with E-state index in [-0.39, 0.29) is 17.8 Å². The fraction of sp³-hybridized carbons (Fsp3) is 0.158. The van der Waals surface area contributed by atoms with Crippen molar-refractivity contribution in [3.8, 4) is 0 Å². The largest absolute Gasteiger partial charge is 0.302 e. The molecule has 0 spiro atoms. The van der Waals surface area contributed by atoms with Crippen molar-refractivity contribution < 1.29 is 14.1 Å². The third-order valence-electron chi connectivity index (χ3n) is 4.02. The highest BCUT2D eigenvalue weighted by atomic mass is 32.1. The molecule has 6 nitrogen and oxygen atoms in total. The van der Waals surface area contributed by atoms with E-state index in [0.717, 1.165) is 5.01 Å². The topological polar surface area (TPSA) is 76.3 Å². The van der Waals surface area contributed by atoms with Gasteiger partial charge in [-0.05, 0) is 44.2 Å². The van der Waals surface area contributed by atoms with Crippen molar-refractivity contribution >= 4 is 28.6 Å². The number of nitro groups is 1. The summed E-state index contributed by atoms with van der Waals surface area (Å²) in [6.07, 6.45) is 0. The van der Waals surface area contributed by atoms with E-state index in [2.05, 4.69) is 4.98 Å². The molecule has 138 valence electrons. The first kappa shape index (κ1) is 18.7. The van der Waals surface area contributed by atoms with Crippen LogP contribution in [-0.4, -0.2) is 15.8 Å². The number of anilines is 1. The molecule has 0 fully saturated rings. The number of hydrogen-bond donors (Lipinski definition) is 0. The number of aromatic nitrogens is 1. The molecular formula is C19H16FN3O3S. The summed E-state index contributed by atoms with van der Waals surface area (Å²) in [7, 11) is 0. The number of amides is 1. The van der Waals surface area contributed by atoms with Crippen LogP contribution in [0.15, 0.2) is 47.8 Å². The minimum Gasteiger partial charge on any atom is -0.302 e. The molecular weight excluding hydrogens is 369 g/mol. The van der Waals surface area contributed by atoms with E-state index in [1.807, 2.05) is 12.3 Å². The molecule has 0 unspecified atom stereocenters. The Bertz CT molecular complexity index is 1000. The molecule has 2 aromatic carbocycles. The highest BCUT2D eigenvalue weighted by molar-refractivity contribution is 7.09. The van der Waals surface area contributed by atoms with E-state index in [4.69, 9.17) is 0 Å².